The number of carboxylic acid groups (broad SMARTS) is 1. The quantitative estimate of drug-likeness (QED) is 0.817. The minimum absolute atomic E-state index is 0.182. The van der Waals surface area contributed by atoms with E-state index in [2.05, 4.69) is 9.97 Å². The number of aliphatic carboxylic acids is 1. The van der Waals surface area contributed by atoms with Gasteiger partial charge in [-0.25, -0.2) is 9.97 Å². The van der Waals surface area contributed by atoms with E-state index in [9.17, 15) is 4.79 Å². The van der Waals surface area contributed by atoms with Gasteiger partial charge in [0.15, 0.2) is 5.82 Å². The zero-order valence-electron chi connectivity index (χ0n) is 9.01. The summed E-state index contributed by atoms with van der Waals surface area (Å²) in [5.41, 5.74) is 5.52. The third-order valence-electron chi connectivity index (χ3n) is 2.13. The van der Waals surface area contributed by atoms with E-state index in [0.717, 1.165) is 0 Å². The molecule has 0 radical (unpaired) electrons. The van der Waals surface area contributed by atoms with Gasteiger partial charge in [0.25, 0.3) is 0 Å². The van der Waals surface area contributed by atoms with Crippen molar-refractivity contribution in [3.8, 4) is 0 Å². The normalized spacial score (nSPS) is 12.2. The number of carboxylic acids is 1. The van der Waals surface area contributed by atoms with Crippen LogP contribution in [0.3, 0.4) is 0 Å². The fourth-order valence-electron chi connectivity index (χ4n) is 1.22. The van der Waals surface area contributed by atoms with Crippen molar-refractivity contribution in [2.24, 2.45) is 5.92 Å². The molecule has 1 atom stereocenters. The smallest absolute Gasteiger partial charge is 0.308 e. The van der Waals surface area contributed by atoms with Crippen LogP contribution in [0.15, 0.2) is 6.33 Å². The summed E-state index contributed by atoms with van der Waals surface area (Å²) in [6.07, 6.45) is 1.29. The molecule has 7 heteroatoms. The Hall–Kier alpha value is -1.56. The van der Waals surface area contributed by atoms with Crippen LogP contribution in [0.4, 0.5) is 11.6 Å². The number of nitrogen functional groups attached to an aromatic ring is 1. The Kier molecular flexibility index (Phi) is 3.89. The number of hydrogen-bond acceptors (Lipinski definition) is 5. The zero-order valence-corrected chi connectivity index (χ0v) is 9.77. The van der Waals surface area contributed by atoms with Crippen molar-refractivity contribution in [3.05, 3.63) is 11.3 Å². The highest BCUT2D eigenvalue weighted by Crippen LogP contribution is 2.26. The lowest BCUT2D eigenvalue weighted by Crippen LogP contribution is -2.29. The highest BCUT2D eigenvalue weighted by Gasteiger charge is 2.17. The van der Waals surface area contributed by atoms with Crippen LogP contribution >= 0.6 is 11.6 Å². The maximum atomic E-state index is 10.7. The molecule has 0 aliphatic rings. The molecule has 0 bridgehead atoms. The van der Waals surface area contributed by atoms with Crippen molar-refractivity contribution >= 4 is 29.2 Å². The van der Waals surface area contributed by atoms with Crippen LogP contribution in [0.1, 0.15) is 6.92 Å². The Morgan fingerprint density at radius 1 is 1.69 bits per heavy atom. The lowest BCUT2D eigenvalue weighted by atomic mass is 10.2. The molecule has 88 valence electrons. The first-order chi connectivity index (χ1) is 7.43. The molecule has 0 saturated carbocycles. The number of nitrogens with zero attached hydrogens (tertiary/aromatic N) is 3. The number of nitrogens with two attached hydrogens (primary N) is 1. The van der Waals surface area contributed by atoms with Gasteiger partial charge in [0.05, 0.1) is 5.92 Å². The average molecular weight is 245 g/mol. The number of hydrogen-bond donors (Lipinski definition) is 2. The molecule has 1 heterocycles. The first-order valence-electron chi connectivity index (χ1n) is 4.63. The highest BCUT2D eigenvalue weighted by molar-refractivity contribution is 6.35. The maximum Gasteiger partial charge on any atom is 0.308 e. The van der Waals surface area contributed by atoms with Crippen LogP contribution in [0.25, 0.3) is 0 Å². The fourth-order valence-corrected chi connectivity index (χ4v) is 1.46. The van der Waals surface area contributed by atoms with Crippen molar-refractivity contribution < 1.29 is 9.90 Å². The summed E-state index contributed by atoms with van der Waals surface area (Å²) in [6, 6.07) is 0. The summed E-state index contributed by atoms with van der Waals surface area (Å²) >= 11 is 5.91. The van der Waals surface area contributed by atoms with Gasteiger partial charge in [0, 0.05) is 13.6 Å². The van der Waals surface area contributed by atoms with E-state index in [1.807, 2.05) is 0 Å². The van der Waals surface area contributed by atoms with Gasteiger partial charge in [-0.2, -0.15) is 0 Å². The summed E-state index contributed by atoms with van der Waals surface area (Å²) in [6.45, 7) is 1.91. The van der Waals surface area contributed by atoms with Crippen LogP contribution < -0.4 is 10.6 Å². The lowest BCUT2D eigenvalue weighted by molar-refractivity contribution is -0.140. The second-order valence-corrected chi connectivity index (χ2v) is 3.89. The predicted molar refractivity (Wildman–Crippen MR) is 61.5 cm³/mol. The molecule has 1 unspecified atom stereocenters. The van der Waals surface area contributed by atoms with Gasteiger partial charge in [0.1, 0.15) is 17.2 Å². The average Bonchev–Trinajstić information content (AvgIpc) is 2.21. The van der Waals surface area contributed by atoms with Crippen LogP contribution in [0.2, 0.25) is 5.02 Å². The van der Waals surface area contributed by atoms with Crippen LogP contribution in [0, 0.1) is 5.92 Å². The lowest BCUT2D eigenvalue weighted by Gasteiger charge is -2.21. The molecule has 1 aromatic heterocycles. The largest absolute Gasteiger partial charge is 0.481 e. The minimum Gasteiger partial charge on any atom is -0.481 e. The van der Waals surface area contributed by atoms with Gasteiger partial charge < -0.3 is 15.7 Å². The molecule has 0 spiro atoms. The molecule has 0 aromatic carbocycles. The Balaban J connectivity index is 2.84. The molecular weight excluding hydrogens is 232 g/mol. The van der Waals surface area contributed by atoms with E-state index in [4.69, 9.17) is 22.4 Å². The second-order valence-electron chi connectivity index (χ2n) is 3.52. The molecule has 16 heavy (non-hydrogen) atoms. The predicted octanol–water partition coefficient (Wildman–Crippen LogP) is 0.869. The monoisotopic (exact) mass is 244 g/mol. The fraction of sp³-hybridized carbons (Fsp3) is 0.444. The molecule has 0 saturated heterocycles. The van der Waals surface area contributed by atoms with Crippen molar-refractivity contribution in [2.45, 2.75) is 6.92 Å². The van der Waals surface area contributed by atoms with E-state index >= 15 is 0 Å². The number of rotatable bonds is 4. The van der Waals surface area contributed by atoms with Gasteiger partial charge >= 0.3 is 5.97 Å². The van der Waals surface area contributed by atoms with E-state index in [-0.39, 0.29) is 10.8 Å². The van der Waals surface area contributed by atoms with Gasteiger partial charge in [0.2, 0.25) is 0 Å². The molecule has 0 fully saturated rings. The molecule has 0 amide bonds. The first-order valence-corrected chi connectivity index (χ1v) is 5.01. The highest BCUT2D eigenvalue weighted by atomic mass is 35.5. The van der Waals surface area contributed by atoms with Crippen LogP contribution in [-0.4, -0.2) is 34.6 Å². The van der Waals surface area contributed by atoms with E-state index in [0.29, 0.717) is 12.4 Å². The molecule has 0 aliphatic heterocycles. The Bertz CT molecular complexity index is 399. The molecule has 1 rings (SSSR count). The summed E-state index contributed by atoms with van der Waals surface area (Å²) in [5, 5.41) is 9.02. The first kappa shape index (κ1) is 12.5. The second kappa shape index (κ2) is 4.98. The standard InChI is InChI=1S/C9H13ClN4O2/c1-5(9(15)16)3-14(2)8-6(10)7(11)12-4-13-8/h4-5H,3H2,1-2H3,(H,15,16)(H2,11,12,13). The molecule has 3 N–H and O–H groups in total. The Morgan fingerprint density at radius 2 is 2.31 bits per heavy atom. The molecule has 0 aliphatic carbocycles. The van der Waals surface area contributed by atoms with Crippen LogP contribution in [0.5, 0.6) is 0 Å². The maximum absolute atomic E-state index is 10.7. The summed E-state index contributed by atoms with van der Waals surface area (Å²) < 4.78 is 0. The van der Waals surface area contributed by atoms with Gasteiger partial charge in [-0.05, 0) is 0 Å². The summed E-state index contributed by atoms with van der Waals surface area (Å²) in [5.74, 6) is -0.772. The number of halogens is 1. The third-order valence-corrected chi connectivity index (χ3v) is 2.49. The molecule has 6 nitrogen and oxygen atoms in total. The van der Waals surface area contributed by atoms with Gasteiger partial charge in [-0.3, -0.25) is 4.79 Å². The SMILES string of the molecule is CC(CN(C)c1ncnc(N)c1Cl)C(=O)O. The van der Waals surface area contributed by atoms with E-state index in [1.165, 1.54) is 6.33 Å². The van der Waals surface area contributed by atoms with Crippen molar-refractivity contribution in [2.75, 3.05) is 24.2 Å². The van der Waals surface area contributed by atoms with Crippen molar-refractivity contribution in [3.63, 3.8) is 0 Å². The van der Waals surface area contributed by atoms with Crippen LogP contribution in [-0.2, 0) is 4.79 Å². The van der Waals surface area contributed by atoms with Crippen molar-refractivity contribution in [1.82, 2.24) is 9.97 Å². The van der Waals surface area contributed by atoms with Gasteiger partial charge in [-0.1, -0.05) is 18.5 Å². The van der Waals surface area contributed by atoms with Gasteiger partial charge in [-0.15, -0.1) is 0 Å². The number of anilines is 2. The Morgan fingerprint density at radius 3 is 2.88 bits per heavy atom. The number of carbonyl (C=O) groups is 1. The zero-order chi connectivity index (χ0) is 12.3. The minimum atomic E-state index is -0.870. The van der Waals surface area contributed by atoms with E-state index in [1.54, 1.807) is 18.9 Å². The Labute approximate surface area is 98.1 Å². The topological polar surface area (TPSA) is 92.3 Å². The van der Waals surface area contributed by atoms with E-state index < -0.39 is 11.9 Å². The number of aromatic nitrogens is 2. The third kappa shape index (κ3) is 2.73. The summed E-state index contributed by atoms with van der Waals surface area (Å²) in [4.78, 5) is 20.0. The van der Waals surface area contributed by atoms with Crippen molar-refractivity contribution in [1.29, 1.82) is 0 Å². The molecular formula is C9H13ClN4O2. The molecule has 1 aromatic rings. The summed E-state index contributed by atoms with van der Waals surface area (Å²) in [7, 11) is 1.70.